The largest absolute Gasteiger partial charge is 0.497 e. The van der Waals surface area contributed by atoms with Crippen molar-refractivity contribution in [1.82, 2.24) is 4.57 Å². The number of hydrogen-bond acceptors (Lipinski definition) is 4. The summed E-state index contributed by atoms with van der Waals surface area (Å²) in [7, 11) is 1.54. The first-order valence-electron chi connectivity index (χ1n) is 9.31. The lowest BCUT2D eigenvalue weighted by Crippen LogP contribution is -2.16. The van der Waals surface area contributed by atoms with E-state index in [1.807, 2.05) is 6.92 Å². The van der Waals surface area contributed by atoms with Gasteiger partial charge < -0.3 is 19.1 Å². The third-order valence-corrected chi connectivity index (χ3v) is 4.56. The standard InChI is InChI=1S/C22H22FNO5/c1-3-12-29-18-9-8-17(23)20-21(18)24(11-10-19(25)26)13-16(22(20)27)14-4-6-15(28-2)7-5-14/h4-9,13H,3,10-12H2,1-2H3,(H,25,26). The Balaban J connectivity index is 2.28. The van der Waals surface area contributed by atoms with Crippen molar-refractivity contribution >= 4 is 16.9 Å². The zero-order chi connectivity index (χ0) is 21.0. The normalized spacial score (nSPS) is 10.9. The van der Waals surface area contributed by atoms with Gasteiger partial charge in [0.1, 0.15) is 17.3 Å². The number of carbonyl (C=O) groups is 1. The Kier molecular flexibility index (Phi) is 6.16. The lowest BCUT2D eigenvalue weighted by atomic mass is 10.0. The summed E-state index contributed by atoms with van der Waals surface area (Å²) in [4.78, 5) is 24.3. The second-order valence-electron chi connectivity index (χ2n) is 6.56. The fourth-order valence-electron chi connectivity index (χ4n) is 3.16. The van der Waals surface area contributed by atoms with Crippen molar-refractivity contribution in [2.24, 2.45) is 0 Å². The quantitative estimate of drug-likeness (QED) is 0.618. The van der Waals surface area contributed by atoms with Crippen LogP contribution in [0, 0.1) is 5.82 Å². The van der Waals surface area contributed by atoms with Gasteiger partial charge in [-0.25, -0.2) is 4.39 Å². The summed E-state index contributed by atoms with van der Waals surface area (Å²) < 4.78 is 27.2. The molecule has 3 aromatic rings. The molecule has 0 aliphatic rings. The first-order valence-corrected chi connectivity index (χ1v) is 9.31. The van der Waals surface area contributed by atoms with Gasteiger partial charge in [-0.05, 0) is 36.2 Å². The molecule has 0 radical (unpaired) electrons. The number of carboxylic acid groups (broad SMARTS) is 1. The van der Waals surface area contributed by atoms with Gasteiger partial charge in [-0.1, -0.05) is 19.1 Å². The molecule has 0 unspecified atom stereocenters. The van der Waals surface area contributed by atoms with Gasteiger partial charge in [-0.3, -0.25) is 9.59 Å². The fraction of sp³-hybridized carbons (Fsp3) is 0.273. The highest BCUT2D eigenvalue weighted by molar-refractivity contribution is 5.89. The summed E-state index contributed by atoms with van der Waals surface area (Å²) in [5.74, 6) is -0.683. The SMILES string of the molecule is CCCOc1ccc(F)c2c(=O)c(-c3ccc(OC)cc3)cn(CCC(=O)O)c12. The first-order chi connectivity index (χ1) is 14.0. The summed E-state index contributed by atoms with van der Waals surface area (Å²) in [6, 6.07) is 9.50. The average Bonchev–Trinajstić information content (AvgIpc) is 2.72. The van der Waals surface area contributed by atoms with E-state index in [0.29, 0.717) is 23.7 Å². The predicted molar refractivity (Wildman–Crippen MR) is 108 cm³/mol. The second kappa shape index (κ2) is 8.77. The number of ether oxygens (including phenoxy) is 2. The molecule has 7 heteroatoms. The van der Waals surface area contributed by atoms with Crippen LogP contribution in [0.3, 0.4) is 0 Å². The van der Waals surface area contributed by atoms with Gasteiger partial charge in [0.15, 0.2) is 5.43 Å². The number of fused-ring (bicyclic) bond motifs is 1. The summed E-state index contributed by atoms with van der Waals surface area (Å²) in [5, 5.41) is 9.00. The van der Waals surface area contributed by atoms with Crippen molar-refractivity contribution in [2.45, 2.75) is 26.3 Å². The Morgan fingerprint density at radius 3 is 2.52 bits per heavy atom. The van der Waals surface area contributed by atoms with Crippen LogP contribution < -0.4 is 14.9 Å². The molecule has 0 amide bonds. The van der Waals surface area contributed by atoms with Crippen molar-refractivity contribution in [3.63, 3.8) is 0 Å². The fourth-order valence-corrected chi connectivity index (χ4v) is 3.16. The Labute approximate surface area is 167 Å². The highest BCUT2D eigenvalue weighted by atomic mass is 19.1. The lowest BCUT2D eigenvalue weighted by Gasteiger charge is -2.17. The molecule has 1 aromatic heterocycles. The van der Waals surface area contributed by atoms with Crippen LogP contribution in [0.5, 0.6) is 11.5 Å². The first kappa shape index (κ1) is 20.4. The average molecular weight is 399 g/mol. The van der Waals surface area contributed by atoms with E-state index in [1.54, 1.807) is 35.0 Å². The monoisotopic (exact) mass is 399 g/mol. The van der Waals surface area contributed by atoms with E-state index < -0.39 is 17.2 Å². The molecule has 0 aliphatic heterocycles. The van der Waals surface area contributed by atoms with E-state index in [4.69, 9.17) is 14.6 Å². The molecule has 6 nitrogen and oxygen atoms in total. The van der Waals surface area contributed by atoms with E-state index in [9.17, 15) is 14.0 Å². The van der Waals surface area contributed by atoms with E-state index in [0.717, 1.165) is 6.42 Å². The van der Waals surface area contributed by atoms with Gasteiger partial charge in [-0.15, -0.1) is 0 Å². The van der Waals surface area contributed by atoms with Gasteiger partial charge in [0.2, 0.25) is 0 Å². The van der Waals surface area contributed by atoms with Crippen molar-refractivity contribution < 1.29 is 23.8 Å². The van der Waals surface area contributed by atoms with Gasteiger partial charge in [0.05, 0.1) is 31.0 Å². The number of rotatable bonds is 8. The number of halogens is 1. The number of benzene rings is 2. The summed E-state index contributed by atoms with van der Waals surface area (Å²) >= 11 is 0. The Morgan fingerprint density at radius 1 is 1.17 bits per heavy atom. The van der Waals surface area contributed by atoms with Crippen LogP contribution in [0.25, 0.3) is 22.0 Å². The number of aryl methyl sites for hydroxylation is 1. The van der Waals surface area contributed by atoms with E-state index in [-0.39, 0.29) is 29.4 Å². The minimum Gasteiger partial charge on any atom is -0.497 e. The van der Waals surface area contributed by atoms with E-state index >= 15 is 0 Å². The Hall–Kier alpha value is -3.35. The third-order valence-electron chi connectivity index (χ3n) is 4.56. The molecule has 0 bridgehead atoms. The van der Waals surface area contributed by atoms with Crippen molar-refractivity contribution in [3.05, 3.63) is 58.6 Å². The predicted octanol–water partition coefficient (Wildman–Crippen LogP) is 4.08. The van der Waals surface area contributed by atoms with Crippen LogP contribution in [0.2, 0.25) is 0 Å². The molecule has 0 spiro atoms. The molecular weight excluding hydrogens is 377 g/mol. The molecule has 0 aliphatic carbocycles. The lowest BCUT2D eigenvalue weighted by molar-refractivity contribution is -0.137. The maximum atomic E-state index is 14.7. The van der Waals surface area contributed by atoms with Crippen molar-refractivity contribution in [3.8, 4) is 22.6 Å². The number of aliphatic carboxylic acids is 1. The number of methoxy groups -OCH3 is 1. The smallest absolute Gasteiger partial charge is 0.305 e. The van der Waals surface area contributed by atoms with Crippen LogP contribution >= 0.6 is 0 Å². The second-order valence-corrected chi connectivity index (χ2v) is 6.56. The number of hydrogen-bond donors (Lipinski definition) is 1. The van der Waals surface area contributed by atoms with Gasteiger partial charge >= 0.3 is 5.97 Å². The zero-order valence-electron chi connectivity index (χ0n) is 16.3. The highest BCUT2D eigenvalue weighted by Crippen LogP contribution is 2.30. The minimum absolute atomic E-state index is 0.0706. The van der Waals surface area contributed by atoms with Crippen LogP contribution in [0.4, 0.5) is 4.39 Å². The number of nitrogens with zero attached hydrogens (tertiary/aromatic N) is 1. The maximum Gasteiger partial charge on any atom is 0.305 e. The van der Waals surface area contributed by atoms with E-state index in [1.165, 1.54) is 19.2 Å². The summed E-state index contributed by atoms with van der Waals surface area (Å²) in [5.41, 5.74) is 0.649. The molecule has 0 saturated carbocycles. The molecule has 1 heterocycles. The molecule has 0 saturated heterocycles. The molecule has 3 rings (SSSR count). The minimum atomic E-state index is -0.990. The van der Waals surface area contributed by atoms with Crippen LogP contribution in [-0.4, -0.2) is 29.4 Å². The van der Waals surface area contributed by atoms with E-state index in [2.05, 4.69) is 0 Å². The van der Waals surface area contributed by atoms with Gasteiger partial charge in [0, 0.05) is 18.3 Å². The summed E-state index contributed by atoms with van der Waals surface area (Å²) in [6.07, 6.45) is 2.12. The molecule has 0 fully saturated rings. The Bertz CT molecular complexity index is 1090. The van der Waals surface area contributed by atoms with Gasteiger partial charge in [-0.2, -0.15) is 0 Å². The Morgan fingerprint density at radius 2 is 1.90 bits per heavy atom. The van der Waals surface area contributed by atoms with Crippen LogP contribution in [0.1, 0.15) is 19.8 Å². The summed E-state index contributed by atoms with van der Waals surface area (Å²) in [6.45, 7) is 2.40. The molecule has 2 aromatic carbocycles. The van der Waals surface area contributed by atoms with Crippen molar-refractivity contribution in [1.29, 1.82) is 0 Å². The maximum absolute atomic E-state index is 14.7. The number of pyridine rings is 1. The van der Waals surface area contributed by atoms with Gasteiger partial charge in [0.25, 0.3) is 0 Å². The third kappa shape index (κ3) is 4.23. The molecule has 0 atom stereocenters. The molecule has 1 N–H and O–H groups in total. The van der Waals surface area contributed by atoms with Crippen LogP contribution in [-0.2, 0) is 11.3 Å². The topological polar surface area (TPSA) is 77.8 Å². The van der Waals surface area contributed by atoms with Crippen LogP contribution in [0.15, 0.2) is 47.4 Å². The zero-order valence-corrected chi connectivity index (χ0v) is 16.3. The number of aromatic nitrogens is 1. The van der Waals surface area contributed by atoms with Crippen molar-refractivity contribution in [2.75, 3.05) is 13.7 Å². The highest BCUT2D eigenvalue weighted by Gasteiger charge is 2.18. The molecular formula is C22H22FNO5. The number of carboxylic acids is 1. The molecule has 29 heavy (non-hydrogen) atoms. The molecule has 152 valence electrons.